The minimum Gasteiger partial charge on any atom is -0.339 e. The van der Waals surface area contributed by atoms with Crippen LogP contribution in [0.5, 0.6) is 0 Å². The Balaban J connectivity index is 1.48. The van der Waals surface area contributed by atoms with Crippen molar-refractivity contribution in [2.45, 2.75) is 25.7 Å². The van der Waals surface area contributed by atoms with Gasteiger partial charge in [-0.15, -0.1) is 11.3 Å². The summed E-state index contributed by atoms with van der Waals surface area (Å²) in [7, 11) is 0. The van der Waals surface area contributed by atoms with Crippen LogP contribution in [0.4, 0.5) is 0 Å². The predicted octanol–water partition coefficient (Wildman–Crippen LogP) is 1.76. The number of carbonyl (C=O) groups excluding carboxylic acids is 2. The number of piperazine rings is 1. The van der Waals surface area contributed by atoms with E-state index in [0.29, 0.717) is 38.5 Å². The van der Waals surface area contributed by atoms with Gasteiger partial charge in [0.2, 0.25) is 11.8 Å². The summed E-state index contributed by atoms with van der Waals surface area (Å²) in [5.74, 6) is 0.758. The van der Waals surface area contributed by atoms with E-state index < -0.39 is 0 Å². The quantitative estimate of drug-likeness (QED) is 0.852. The molecule has 2 amide bonds. The van der Waals surface area contributed by atoms with Gasteiger partial charge in [-0.05, 0) is 24.3 Å². The number of hydrogen-bond acceptors (Lipinski definition) is 3. The highest BCUT2D eigenvalue weighted by molar-refractivity contribution is 7.10. The Morgan fingerprint density at radius 3 is 2.40 bits per heavy atom. The number of rotatable bonds is 3. The van der Waals surface area contributed by atoms with Gasteiger partial charge in [0.1, 0.15) is 0 Å². The molecule has 0 spiro atoms. The molecule has 1 aromatic heterocycles. The highest BCUT2D eigenvalue weighted by Gasteiger charge is 2.31. The van der Waals surface area contributed by atoms with Crippen molar-refractivity contribution >= 4 is 23.2 Å². The van der Waals surface area contributed by atoms with Gasteiger partial charge in [0.15, 0.2) is 0 Å². The van der Waals surface area contributed by atoms with Crippen LogP contribution in [0.15, 0.2) is 17.5 Å². The number of thiophene rings is 1. The summed E-state index contributed by atoms with van der Waals surface area (Å²) >= 11 is 1.62. The van der Waals surface area contributed by atoms with Gasteiger partial charge in [-0.1, -0.05) is 12.5 Å². The maximum atomic E-state index is 12.2. The van der Waals surface area contributed by atoms with Crippen LogP contribution in [-0.4, -0.2) is 47.8 Å². The lowest BCUT2D eigenvalue weighted by Gasteiger charge is -2.38. The molecule has 0 N–H and O–H groups in total. The molecule has 0 bridgehead atoms. The van der Waals surface area contributed by atoms with Crippen LogP contribution in [0, 0.1) is 5.92 Å². The molecule has 1 aliphatic heterocycles. The number of hydrogen-bond donors (Lipinski definition) is 0. The third-order valence-corrected chi connectivity index (χ3v) is 5.18. The molecule has 0 aromatic carbocycles. The van der Waals surface area contributed by atoms with E-state index >= 15 is 0 Å². The monoisotopic (exact) mass is 292 g/mol. The molecule has 0 unspecified atom stereocenters. The van der Waals surface area contributed by atoms with E-state index in [2.05, 4.69) is 0 Å². The van der Waals surface area contributed by atoms with Gasteiger partial charge >= 0.3 is 0 Å². The largest absolute Gasteiger partial charge is 0.339 e. The molecule has 3 rings (SSSR count). The van der Waals surface area contributed by atoms with E-state index in [0.717, 1.165) is 17.7 Å². The van der Waals surface area contributed by atoms with Gasteiger partial charge in [-0.3, -0.25) is 9.59 Å². The van der Waals surface area contributed by atoms with Crippen LogP contribution < -0.4 is 0 Å². The molecular weight excluding hydrogens is 272 g/mol. The van der Waals surface area contributed by atoms with Gasteiger partial charge < -0.3 is 9.80 Å². The Morgan fingerprint density at radius 1 is 1.15 bits per heavy atom. The van der Waals surface area contributed by atoms with Crippen LogP contribution in [-0.2, 0) is 16.0 Å². The molecule has 1 saturated heterocycles. The Labute approximate surface area is 123 Å². The molecule has 5 heteroatoms. The Hall–Kier alpha value is -1.36. The molecule has 1 aromatic rings. The summed E-state index contributed by atoms with van der Waals surface area (Å²) in [5, 5.41) is 2.00. The normalized spacial score (nSPS) is 19.8. The number of amides is 2. The van der Waals surface area contributed by atoms with Gasteiger partial charge in [0.25, 0.3) is 0 Å². The van der Waals surface area contributed by atoms with Crippen LogP contribution >= 0.6 is 11.3 Å². The van der Waals surface area contributed by atoms with E-state index in [1.807, 2.05) is 27.3 Å². The lowest BCUT2D eigenvalue weighted by Crippen LogP contribution is -2.52. The van der Waals surface area contributed by atoms with Crippen LogP contribution in [0.2, 0.25) is 0 Å². The zero-order chi connectivity index (χ0) is 13.9. The molecule has 20 heavy (non-hydrogen) atoms. The second kappa shape index (κ2) is 5.95. The Bertz CT molecular complexity index is 474. The molecule has 0 radical (unpaired) electrons. The fourth-order valence-electron chi connectivity index (χ4n) is 2.76. The molecule has 0 atom stereocenters. The summed E-state index contributed by atoms with van der Waals surface area (Å²) in [4.78, 5) is 29.3. The summed E-state index contributed by atoms with van der Waals surface area (Å²) in [6.07, 6.45) is 3.79. The van der Waals surface area contributed by atoms with Crippen molar-refractivity contribution in [2.75, 3.05) is 26.2 Å². The summed E-state index contributed by atoms with van der Waals surface area (Å²) in [6.45, 7) is 2.77. The minimum absolute atomic E-state index is 0.184. The van der Waals surface area contributed by atoms with Crippen molar-refractivity contribution in [3.63, 3.8) is 0 Å². The molecule has 2 heterocycles. The van der Waals surface area contributed by atoms with E-state index in [1.54, 1.807) is 11.3 Å². The topological polar surface area (TPSA) is 40.6 Å². The fraction of sp³-hybridized carbons (Fsp3) is 0.600. The molecular formula is C15H20N2O2S. The van der Waals surface area contributed by atoms with E-state index in [-0.39, 0.29) is 11.8 Å². The van der Waals surface area contributed by atoms with Gasteiger partial charge in [0, 0.05) is 37.0 Å². The highest BCUT2D eigenvalue weighted by Crippen LogP contribution is 2.28. The number of carbonyl (C=O) groups is 2. The minimum atomic E-state index is 0.184. The first-order valence-electron chi connectivity index (χ1n) is 7.33. The van der Waals surface area contributed by atoms with Crippen molar-refractivity contribution in [1.82, 2.24) is 9.80 Å². The molecule has 2 aliphatic rings. The smallest absolute Gasteiger partial charge is 0.227 e. The Kier molecular flexibility index (Phi) is 4.05. The lowest BCUT2D eigenvalue weighted by molar-refractivity contribution is -0.143. The van der Waals surface area contributed by atoms with Crippen molar-refractivity contribution in [3.8, 4) is 0 Å². The van der Waals surface area contributed by atoms with E-state index in [9.17, 15) is 9.59 Å². The van der Waals surface area contributed by atoms with E-state index in [1.165, 1.54) is 6.42 Å². The molecule has 1 saturated carbocycles. The fourth-order valence-corrected chi connectivity index (χ4v) is 3.46. The molecule has 108 valence electrons. The number of nitrogens with zero attached hydrogens (tertiary/aromatic N) is 2. The third-order valence-electron chi connectivity index (χ3n) is 4.30. The first kappa shape index (κ1) is 13.6. The predicted molar refractivity (Wildman–Crippen MR) is 78.5 cm³/mol. The zero-order valence-corrected chi connectivity index (χ0v) is 12.4. The van der Waals surface area contributed by atoms with Gasteiger partial charge in [-0.2, -0.15) is 0 Å². The average molecular weight is 292 g/mol. The van der Waals surface area contributed by atoms with Crippen LogP contribution in [0.3, 0.4) is 0 Å². The maximum absolute atomic E-state index is 12.2. The Morgan fingerprint density at radius 2 is 1.85 bits per heavy atom. The highest BCUT2D eigenvalue weighted by atomic mass is 32.1. The lowest BCUT2D eigenvalue weighted by atomic mass is 9.84. The summed E-state index contributed by atoms with van der Waals surface area (Å²) in [5.41, 5.74) is 0. The van der Waals surface area contributed by atoms with Gasteiger partial charge in [0.05, 0.1) is 6.42 Å². The SMILES string of the molecule is O=C(Cc1cccs1)N1CCN(C(=O)C2CCC2)CC1. The first-order valence-corrected chi connectivity index (χ1v) is 8.21. The second-order valence-corrected chi connectivity index (χ2v) is 6.62. The van der Waals surface area contributed by atoms with Crippen molar-refractivity contribution in [1.29, 1.82) is 0 Å². The summed E-state index contributed by atoms with van der Waals surface area (Å²) in [6, 6.07) is 3.97. The van der Waals surface area contributed by atoms with Crippen molar-refractivity contribution in [2.24, 2.45) is 5.92 Å². The molecule has 1 aliphatic carbocycles. The molecule has 2 fully saturated rings. The van der Waals surface area contributed by atoms with Crippen LogP contribution in [0.1, 0.15) is 24.1 Å². The standard InChI is InChI=1S/C15H20N2O2S/c18-14(11-13-5-2-10-20-13)16-6-8-17(9-7-16)15(19)12-3-1-4-12/h2,5,10,12H,1,3-4,6-9,11H2. The average Bonchev–Trinajstić information content (AvgIpc) is 2.89. The van der Waals surface area contributed by atoms with E-state index in [4.69, 9.17) is 0 Å². The van der Waals surface area contributed by atoms with Crippen LogP contribution in [0.25, 0.3) is 0 Å². The molecule has 4 nitrogen and oxygen atoms in total. The first-order chi connectivity index (χ1) is 9.74. The maximum Gasteiger partial charge on any atom is 0.227 e. The summed E-state index contributed by atoms with van der Waals surface area (Å²) < 4.78 is 0. The van der Waals surface area contributed by atoms with Crippen molar-refractivity contribution in [3.05, 3.63) is 22.4 Å². The second-order valence-electron chi connectivity index (χ2n) is 5.59. The zero-order valence-electron chi connectivity index (χ0n) is 11.6. The van der Waals surface area contributed by atoms with Crippen molar-refractivity contribution < 1.29 is 9.59 Å². The third kappa shape index (κ3) is 2.87. The van der Waals surface area contributed by atoms with Gasteiger partial charge in [-0.25, -0.2) is 0 Å².